The summed E-state index contributed by atoms with van der Waals surface area (Å²) in [5, 5.41) is 0.563. The largest absolute Gasteiger partial charge is 0.493 e. The fourth-order valence-corrected chi connectivity index (χ4v) is 6.15. The third-order valence-electron chi connectivity index (χ3n) is 8.40. The van der Waals surface area contributed by atoms with E-state index in [4.69, 9.17) is 16.3 Å². The van der Waals surface area contributed by atoms with E-state index in [1.54, 1.807) is 29.4 Å². The maximum Gasteiger partial charge on any atom is 0.227 e. The summed E-state index contributed by atoms with van der Waals surface area (Å²) in [6, 6.07) is 5.22. The van der Waals surface area contributed by atoms with E-state index in [9.17, 15) is 9.18 Å². The summed E-state index contributed by atoms with van der Waals surface area (Å²) in [5.74, 6) is 3.14. The Bertz CT molecular complexity index is 1040. The van der Waals surface area contributed by atoms with Crippen molar-refractivity contribution in [1.29, 1.82) is 0 Å². The Morgan fingerprint density at radius 1 is 1.17 bits per heavy atom. The van der Waals surface area contributed by atoms with Crippen molar-refractivity contribution in [3.8, 4) is 5.75 Å². The van der Waals surface area contributed by atoms with Crippen LogP contribution in [0, 0.1) is 23.6 Å². The number of carbonyl (C=O) groups excluding carboxylic acids is 1. The molecule has 1 aliphatic heterocycles. The summed E-state index contributed by atoms with van der Waals surface area (Å²) in [7, 11) is 1.84. The van der Waals surface area contributed by atoms with Crippen molar-refractivity contribution in [1.82, 2.24) is 14.9 Å². The molecule has 2 heterocycles. The van der Waals surface area contributed by atoms with Crippen LogP contribution in [0.4, 0.5) is 10.3 Å². The van der Waals surface area contributed by atoms with Crippen LogP contribution in [-0.2, 0) is 11.2 Å². The van der Waals surface area contributed by atoms with Crippen LogP contribution in [0.1, 0.15) is 56.9 Å². The molecule has 2 atom stereocenters. The van der Waals surface area contributed by atoms with Crippen molar-refractivity contribution in [3.63, 3.8) is 0 Å². The van der Waals surface area contributed by atoms with Crippen LogP contribution >= 0.6 is 11.6 Å². The molecule has 5 rings (SSSR count). The zero-order valence-electron chi connectivity index (χ0n) is 21.0. The van der Waals surface area contributed by atoms with Gasteiger partial charge in [-0.25, -0.2) is 14.4 Å². The van der Waals surface area contributed by atoms with Gasteiger partial charge in [-0.15, -0.1) is 0 Å². The molecule has 2 unspecified atom stereocenters. The highest BCUT2D eigenvalue weighted by Crippen LogP contribution is 2.49. The first kappa shape index (κ1) is 25.2. The predicted molar refractivity (Wildman–Crippen MR) is 139 cm³/mol. The Balaban J connectivity index is 1.02. The number of halogens is 2. The zero-order chi connectivity index (χ0) is 25.1. The second kappa shape index (κ2) is 11.3. The maximum absolute atomic E-state index is 14.7. The second-order valence-electron chi connectivity index (χ2n) is 10.7. The fraction of sp³-hybridized carbons (Fsp3) is 0.607. The van der Waals surface area contributed by atoms with Crippen molar-refractivity contribution in [3.05, 3.63) is 47.0 Å². The van der Waals surface area contributed by atoms with Crippen LogP contribution in [0.3, 0.4) is 0 Å². The summed E-state index contributed by atoms with van der Waals surface area (Å²) in [6.45, 7) is 2.56. The Kier molecular flexibility index (Phi) is 7.94. The molecule has 0 N–H and O–H groups in total. The van der Waals surface area contributed by atoms with Crippen molar-refractivity contribution in [2.45, 2.75) is 63.8 Å². The quantitative estimate of drug-likeness (QED) is 0.440. The number of likely N-dealkylation sites (N-methyl/N-ethyl adjacent to an activating group) is 1. The van der Waals surface area contributed by atoms with Gasteiger partial charge < -0.3 is 14.5 Å². The summed E-state index contributed by atoms with van der Waals surface area (Å²) in [4.78, 5) is 25.3. The number of piperidine rings is 1. The van der Waals surface area contributed by atoms with Gasteiger partial charge in [0.25, 0.3) is 0 Å². The lowest BCUT2D eigenvalue weighted by atomic mass is 9.90. The molecule has 2 aromatic rings. The van der Waals surface area contributed by atoms with Gasteiger partial charge in [-0.05, 0) is 67.9 Å². The van der Waals surface area contributed by atoms with Gasteiger partial charge in [0.15, 0.2) is 0 Å². The molecule has 194 valence electrons. The lowest BCUT2D eigenvalue weighted by Gasteiger charge is -2.32. The van der Waals surface area contributed by atoms with E-state index in [0.717, 1.165) is 63.0 Å². The summed E-state index contributed by atoms with van der Waals surface area (Å²) >= 11 is 5.90. The van der Waals surface area contributed by atoms with Crippen molar-refractivity contribution < 1.29 is 13.9 Å². The highest BCUT2D eigenvalue weighted by molar-refractivity contribution is 6.30. The fourth-order valence-electron chi connectivity index (χ4n) is 6.05. The number of rotatable bonds is 9. The Morgan fingerprint density at radius 2 is 1.89 bits per heavy atom. The summed E-state index contributed by atoms with van der Waals surface area (Å²) in [6.07, 6.45) is 12.4. The van der Waals surface area contributed by atoms with Gasteiger partial charge in [0.1, 0.15) is 11.6 Å². The van der Waals surface area contributed by atoms with Crippen LogP contribution in [0.5, 0.6) is 5.75 Å². The number of hydrogen-bond donors (Lipinski definition) is 0. The molecule has 0 radical (unpaired) electrons. The third-order valence-corrected chi connectivity index (χ3v) is 8.60. The minimum atomic E-state index is -0.360. The van der Waals surface area contributed by atoms with Gasteiger partial charge in [0, 0.05) is 32.2 Å². The van der Waals surface area contributed by atoms with E-state index in [1.165, 1.54) is 25.3 Å². The Hall–Kier alpha value is -2.41. The topological polar surface area (TPSA) is 58.6 Å². The lowest BCUT2D eigenvalue weighted by Crippen LogP contribution is -2.36. The number of nitrogens with zero attached hydrogens (tertiary/aromatic N) is 4. The van der Waals surface area contributed by atoms with Gasteiger partial charge in [-0.2, -0.15) is 0 Å². The number of benzene rings is 1. The monoisotopic (exact) mass is 514 g/mol. The van der Waals surface area contributed by atoms with E-state index in [0.29, 0.717) is 34.9 Å². The molecule has 2 aliphatic carbocycles. The van der Waals surface area contributed by atoms with Gasteiger partial charge in [0.2, 0.25) is 11.9 Å². The minimum absolute atomic E-state index is 0.0132. The first-order valence-electron chi connectivity index (χ1n) is 13.4. The number of aromatic nitrogens is 2. The van der Waals surface area contributed by atoms with Gasteiger partial charge >= 0.3 is 0 Å². The van der Waals surface area contributed by atoms with Crippen molar-refractivity contribution in [2.75, 3.05) is 31.6 Å². The molecule has 0 spiro atoms. The number of anilines is 1. The van der Waals surface area contributed by atoms with Gasteiger partial charge in [-0.3, -0.25) is 4.79 Å². The highest BCUT2D eigenvalue weighted by Gasteiger charge is 2.43. The smallest absolute Gasteiger partial charge is 0.227 e. The van der Waals surface area contributed by atoms with E-state index >= 15 is 0 Å². The average molecular weight is 515 g/mol. The number of amides is 1. The highest BCUT2D eigenvalue weighted by atomic mass is 35.5. The van der Waals surface area contributed by atoms with Crippen molar-refractivity contribution in [2.24, 2.45) is 17.8 Å². The van der Waals surface area contributed by atoms with Crippen LogP contribution in [0.15, 0.2) is 30.6 Å². The van der Waals surface area contributed by atoms with E-state index in [1.807, 2.05) is 7.05 Å². The van der Waals surface area contributed by atoms with Gasteiger partial charge in [0.05, 0.1) is 30.4 Å². The van der Waals surface area contributed by atoms with E-state index in [2.05, 4.69) is 14.9 Å². The first-order valence-corrected chi connectivity index (χ1v) is 13.7. The molecule has 3 aliphatic rings. The molecule has 1 aromatic heterocycles. The minimum Gasteiger partial charge on any atom is -0.493 e. The number of carbonyl (C=O) groups is 1. The predicted octanol–water partition coefficient (Wildman–Crippen LogP) is 5.53. The molecular formula is C28H36ClFN4O2. The Morgan fingerprint density at radius 3 is 2.58 bits per heavy atom. The SMILES string of the molecule is CN(C(=O)Cc1ccc(OCCC2CC2C2CCN(c3ncc(Cl)cn3)CC2)cc1F)C1CCCC1. The summed E-state index contributed by atoms with van der Waals surface area (Å²) in [5.41, 5.74) is 0.440. The molecular weight excluding hydrogens is 479 g/mol. The second-order valence-corrected chi connectivity index (χ2v) is 11.1. The number of ether oxygens (including phenoxy) is 1. The molecule has 1 saturated heterocycles. The molecule has 1 amide bonds. The first-order chi connectivity index (χ1) is 17.5. The summed E-state index contributed by atoms with van der Waals surface area (Å²) < 4.78 is 20.5. The zero-order valence-corrected chi connectivity index (χ0v) is 21.8. The van der Waals surface area contributed by atoms with Crippen molar-refractivity contribution >= 4 is 23.5 Å². The maximum atomic E-state index is 14.7. The van der Waals surface area contributed by atoms with Crippen LogP contribution in [0.25, 0.3) is 0 Å². The van der Waals surface area contributed by atoms with E-state index in [-0.39, 0.29) is 18.1 Å². The Labute approximate surface area is 218 Å². The van der Waals surface area contributed by atoms with Crippen LogP contribution < -0.4 is 9.64 Å². The third kappa shape index (κ3) is 6.10. The van der Waals surface area contributed by atoms with Gasteiger partial charge in [-0.1, -0.05) is 30.5 Å². The normalized spacial score (nSPS) is 22.6. The number of hydrogen-bond acceptors (Lipinski definition) is 5. The van der Waals surface area contributed by atoms with Crippen LogP contribution in [0.2, 0.25) is 5.02 Å². The lowest BCUT2D eigenvalue weighted by molar-refractivity contribution is -0.131. The van der Waals surface area contributed by atoms with Crippen LogP contribution in [-0.4, -0.2) is 53.6 Å². The molecule has 8 heteroatoms. The standard InChI is InChI=1S/C28H36ClFN4O2/c1-33(23-4-2-3-5-23)27(35)15-21-6-7-24(16-26(21)30)36-13-10-20-14-25(20)19-8-11-34(12-9-19)28-31-17-22(29)18-32-28/h6-7,16-20,23,25H,2-5,8-15H2,1H3. The van der Waals surface area contributed by atoms with E-state index < -0.39 is 0 Å². The average Bonchev–Trinajstić information content (AvgIpc) is 3.44. The molecule has 2 saturated carbocycles. The molecule has 36 heavy (non-hydrogen) atoms. The molecule has 0 bridgehead atoms. The molecule has 1 aromatic carbocycles. The molecule has 6 nitrogen and oxygen atoms in total. The molecule has 3 fully saturated rings.